The molecular formula is C13H26N2O2. The summed E-state index contributed by atoms with van der Waals surface area (Å²) in [6, 6.07) is 0.0292. The second kappa shape index (κ2) is 6.36. The molecule has 1 amide bonds. The molecule has 0 spiro atoms. The Morgan fingerprint density at radius 1 is 1.47 bits per heavy atom. The van der Waals surface area contributed by atoms with Crippen LogP contribution in [0.2, 0.25) is 0 Å². The molecule has 1 saturated heterocycles. The van der Waals surface area contributed by atoms with E-state index in [-0.39, 0.29) is 24.6 Å². The minimum atomic E-state index is -0.114. The fourth-order valence-electron chi connectivity index (χ4n) is 2.74. The molecule has 0 aliphatic carbocycles. The number of aliphatic hydroxyl groups excluding tert-OH is 1. The van der Waals surface area contributed by atoms with Crippen LogP contribution in [-0.2, 0) is 4.79 Å². The zero-order valence-electron chi connectivity index (χ0n) is 11.5. The first kappa shape index (κ1) is 14.5. The third-order valence-corrected chi connectivity index (χ3v) is 4.04. The maximum atomic E-state index is 12.3. The zero-order valence-corrected chi connectivity index (χ0v) is 11.5. The van der Waals surface area contributed by atoms with Crippen molar-refractivity contribution < 1.29 is 9.90 Å². The van der Waals surface area contributed by atoms with Gasteiger partial charge in [0.1, 0.15) is 0 Å². The molecule has 17 heavy (non-hydrogen) atoms. The number of rotatable bonds is 5. The number of nitrogens with zero attached hydrogens (tertiary/aromatic N) is 2. The van der Waals surface area contributed by atoms with E-state index in [1.165, 1.54) is 0 Å². The van der Waals surface area contributed by atoms with Crippen molar-refractivity contribution in [1.82, 2.24) is 9.80 Å². The fraction of sp³-hybridized carbons (Fsp3) is 0.923. The highest BCUT2D eigenvalue weighted by Crippen LogP contribution is 2.26. The van der Waals surface area contributed by atoms with Gasteiger partial charge in [0.05, 0.1) is 12.6 Å². The van der Waals surface area contributed by atoms with E-state index in [0.717, 1.165) is 26.1 Å². The highest BCUT2D eigenvalue weighted by atomic mass is 16.3. The predicted molar refractivity (Wildman–Crippen MR) is 68.8 cm³/mol. The molecule has 4 nitrogen and oxygen atoms in total. The first-order valence-electron chi connectivity index (χ1n) is 6.72. The Bertz CT molecular complexity index is 254. The van der Waals surface area contributed by atoms with Gasteiger partial charge in [-0.2, -0.15) is 0 Å². The van der Waals surface area contributed by atoms with Gasteiger partial charge in [0.25, 0.3) is 0 Å². The van der Waals surface area contributed by atoms with Crippen LogP contribution in [0.5, 0.6) is 0 Å². The van der Waals surface area contributed by atoms with Gasteiger partial charge in [0, 0.05) is 19.1 Å². The molecule has 0 saturated carbocycles. The van der Waals surface area contributed by atoms with Crippen LogP contribution < -0.4 is 0 Å². The quantitative estimate of drug-likeness (QED) is 0.780. The summed E-state index contributed by atoms with van der Waals surface area (Å²) in [7, 11) is 0. The van der Waals surface area contributed by atoms with E-state index in [0.29, 0.717) is 5.92 Å². The number of carbonyl (C=O) groups is 1. The summed E-state index contributed by atoms with van der Waals surface area (Å²) in [4.78, 5) is 16.3. The van der Waals surface area contributed by atoms with Crippen molar-refractivity contribution in [1.29, 1.82) is 0 Å². The van der Waals surface area contributed by atoms with Gasteiger partial charge in [-0.05, 0) is 39.7 Å². The summed E-state index contributed by atoms with van der Waals surface area (Å²) in [5.74, 6) is 0.662. The van der Waals surface area contributed by atoms with Crippen LogP contribution in [0.1, 0.15) is 34.1 Å². The Morgan fingerprint density at radius 2 is 2.06 bits per heavy atom. The molecule has 1 fully saturated rings. The van der Waals surface area contributed by atoms with Gasteiger partial charge in [-0.3, -0.25) is 9.69 Å². The maximum absolute atomic E-state index is 12.3. The molecule has 4 heteroatoms. The number of hydrogen-bond acceptors (Lipinski definition) is 3. The minimum absolute atomic E-state index is 0.114. The predicted octanol–water partition coefficient (Wildman–Crippen LogP) is 0.946. The molecule has 0 radical (unpaired) electrons. The average molecular weight is 242 g/mol. The molecule has 0 aromatic carbocycles. The van der Waals surface area contributed by atoms with E-state index in [1.807, 2.05) is 25.7 Å². The van der Waals surface area contributed by atoms with Crippen LogP contribution in [0.4, 0.5) is 0 Å². The highest BCUT2D eigenvalue weighted by molar-refractivity contribution is 5.81. The zero-order chi connectivity index (χ0) is 13.0. The van der Waals surface area contributed by atoms with Crippen molar-refractivity contribution in [2.75, 3.05) is 26.2 Å². The Labute approximate surface area is 105 Å². The molecule has 1 rings (SSSR count). The van der Waals surface area contributed by atoms with E-state index >= 15 is 0 Å². The molecule has 1 aliphatic rings. The molecule has 0 aromatic rings. The van der Waals surface area contributed by atoms with Crippen LogP contribution in [0.25, 0.3) is 0 Å². The summed E-state index contributed by atoms with van der Waals surface area (Å²) in [5, 5.41) is 9.42. The van der Waals surface area contributed by atoms with Gasteiger partial charge in [0.15, 0.2) is 0 Å². The van der Waals surface area contributed by atoms with Crippen LogP contribution >= 0.6 is 0 Å². The first-order chi connectivity index (χ1) is 8.06. The number of amides is 1. The molecule has 0 aromatic heterocycles. The van der Waals surface area contributed by atoms with Crippen molar-refractivity contribution in [3.05, 3.63) is 0 Å². The third kappa shape index (κ3) is 2.99. The molecule has 100 valence electrons. The maximum Gasteiger partial charge on any atom is 0.239 e. The van der Waals surface area contributed by atoms with Gasteiger partial charge >= 0.3 is 0 Å². The van der Waals surface area contributed by atoms with Crippen LogP contribution in [0, 0.1) is 5.92 Å². The molecule has 1 N–H and O–H groups in total. The molecular weight excluding hydrogens is 216 g/mol. The van der Waals surface area contributed by atoms with E-state index in [9.17, 15) is 9.90 Å². The number of carbonyl (C=O) groups excluding carboxylic acids is 1. The van der Waals surface area contributed by atoms with Crippen molar-refractivity contribution in [3.8, 4) is 0 Å². The second-order valence-electron chi connectivity index (χ2n) is 4.94. The minimum Gasteiger partial charge on any atom is -0.395 e. The lowest BCUT2D eigenvalue weighted by Gasteiger charge is -2.33. The number of likely N-dealkylation sites (N-methyl/N-ethyl adjacent to an activating group) is 1. The standard InChI is InChI=1S/C13H26N2O2/c1-5-14(6-2)13(17)11(4)15-8-7-10(3)12(15)9-16/h10-12,16H,5-9H2,1-4H3. The van der Waals surface area contributed by atoms with Crippen LogP contribution in [0.15, 0.2) is 0 Å². The van der Waals surface area contributed by atoms with Crippen molar-refractivity contribution in [3.63, 3.8) is 0 Å². The summed E-state index contributed by atoms with van der Waals surface area (Å²) in [6.45, 7) is 10.7. The second-order valence-corrected chi connectivity index (χ2v) is 4.94. The molecule has 3 unspecified atom stereocenters. The van der Waals surface area contributed by atoms with E-state index in [1.54, 1.807) is 0 Å². The fourth-order valence-corrected chi connectivity index (χ4v) is 2.74. The van der Waals surface area contributed by atoms with Gasteiger partial charge in [0.2, 0.25) is 5.91 Å². The Kier molecular flexibility index (Phi) is 5.40. The highest BCUT2D eigenvalue weighted by Gasteiger charge is 2.36. The van der Waals surface area contributed by atoms with Gasteiger partial charge in [-0.15, -0.1) is 0 Å². The first-order valence-corrected chi connectivity index (χ1v) is 6.72. The SMILES string of the molecule is CCN(CC)C(=O)C(C)N1CCC(C)C1CO. The molecule has 3 atom stereocenters. The smallest absolute Gasteiger partial charge is 0.239 e. The van der Waals surface area contributed by atoms with E-state index < -0.39 is 0 Å². The summed E-state index contributed by atoms with van der Waals surface area (Å²) in [6.07, 6.45) is 1.07. The average Bonchev–Trinajstić information content (AvgIpc) is 2.70. The summed E-state index contributed by atoms with van der Waals surface area (Å²) < 4.78 is 0. The topological polar surface area (TPSA) is 43.8 Å². The number of hydrogen-bond donors (Lipinski definition) is 1. The number of likely N-dealkylation sites (tertiary alicyclic amines) is 1. The third-order valence-electron chi connectivity index (χ3n) is 4.04. The monoisotopic (exact) mass is 242 g/mol. The lowest BCUT2D eigenvalue weighted by molar-refractivity contribution is -0.136. The Balaban J connectivity index is 2.69. The van der Waals surface area contributed by atoms with Crippen LogP contribution in [0.3, 0.4) is 0 Å². The largest absolute Gasteiger partial charge is 0.395 e. The summed E-state index contributed by atoms with van der Waals surface area (Å²) >= 11 is 0. The van der Waals surface area contributed by atoms with Gasteiger partial charge in [-0.25, -0.2) is 0 Å². The Hall–Kier alpha value is -0.610. The van der Waals surface area contributed by atoms with E-state index in [2.05, 4.69) is 11.8 Å². The Morgan fingerprint density at radius 3 is 2.53 bits per heavy atom. The van der Waals surface area contributed by atoms with Crippen molar-refractivity contribution in [2.24, 2.45) is 5.92 Å². The van der Waals surface area contributed by atoms with E-state index in [4.69, 9.17) is 0 Å². The van der Waals surface area contributed by atoms with Crippen molar-refractivity contribution >= 4 is 5.91 Å². The number of aliphatic hydroxyl groups is 1. The molecule has 0 bridgehead atoms. The van der Waals surface area contributed by atoms with Gasteiger partial charge in [-0.1, -0.05) is 6.92 Å². The van der Waals surface area contributed by atoms with Crippen molar-refractivity contribution in [2.45, 2.75) is 46.2 Å². The van der Waals surface area contributed by atoms with Crippen LogP contribution in [-0.4, -0.2) is 59.1 Å². The summed E-state index contributed by atoms with van der Waals surface area (Å²) in [5.41, 5.74) is 0. The lowest BCUT2D eigenvalue weighted by Crippen LogP contribution is -2.50. The van der Waals surface area contributed by atoms with Gasteiger partial charge < -0.3 is 10.0 Å². The normalized spacial score (nSPS) is 27.1. The lowest BCUT2D eigenvalue weighted by atomic mass is 10.0. The molecule has 1 heterocycles. The molecule has 1 aliphatic heterocycles.